The lowest BCUT2D eigenvalue weighted by atomic mass is 9.64. The number of ether oxygens (including phenoxy) is 7. The Morgan fingerprint density at radius 3 is 1.72 bits per heavy atom. The Labute approximate surface area is 512 Å². The van der Waals surface area contributed by atoms with E-state index >= 15 is 0 Å². The first-order valence-corrected chi connectivity index (χ1v) is 31.5. The van der Waals surface area contributed by atoms with E-state index < -0.39 is 5.92 Å². The molecule has 0 aromatic carbocycles. The molecule has 2 aliphatic rings. The monoisotopic (exact) mass is 1190 g/mol. The molecule has 0 saturated heterocycles. The van der Waals surface area contributed by atoms with Gasteiger partial charge in [-0.2, -0.15) is 0 Å². The van der Waals surface area contributed by atoms with Gasteiger partial charge in [-0.15, -0.1) is 0 Å². The highest BCUT2D eigenvalue weighted by atomic mass is 16.6. The van der Waals surface area contributed by atoms with Gasteiger partial charge in [0, 0.05) is 64.7 Å². The van der Waals surface area contributed by atoms with E-state index in [-0.39, 0.29) is 54.3 Å². The highest BCUT2D eigenvalue weighted by Crippen LogP contribution is 2.45. The van der Waals surface area contributed by atoms with Crippen LogP contribution in [0.2, 0.25) is 0 Å². The zero-order valence-electron chi connectivity index (χ0n) is 54.3. The topological polar surface area (TPSA) is 198 Å². The maximum Gasteiger partial charge on any atom is 0.245 e. The molecule has 2 unspecified atom stereocenters. The Balaban J connectivity index is 1.71. The number of hydrogen-bond acceptors (Lipinski definition) is 12. The minimum atomic E-state index is -0.512. The molecule has 0 heterocycles. The van der Waals surface area contributed by atoms with Crippen molar-refractivity contribution in [1.82, 2.24) is 21.3 Å². The number of likely N-dealkylation sites (N-methyl/N-ethyl adjacent to an activating group) is 1. The summed E-state index contributed by atoms with van der Waals surface area (Å²) in [4.78, 5) is 63.0. The minimum Gasteiger partial charge on any atom is -0.379 e. The second-order valence-corrected chi connectivity index (χ2v) is 24.0. The van der Waals surface area contributed by atoms with Gasteiger partial charge in [0.25, 0.3) is 0 Å². The number of allylic oxidation sites excluding steroid dienone is 17. The highest BCUT2D eigenvalue weighted by Gasteiger charge is 2.35. The lowest BCUT2D eigenvalue weighted by Gasteiger charge is -2.41. The summed E-state index contributed by atoms with van der Waals surface area (Å²) in [7, 11) is 1.55. The molecule has 2 aliphatic carbocycles. The first-order chi connectivity index (χ1) is 40.7. The van der Waals surface area contributed by atoms with Crippen LogP contribution in [0.4, 0.5) is 0 Å². The zero-order chi connectivity index (χ0) is 62.6. The van der Waals surface area contributed by atoms with E-state index in [1.54, 1.807) is 19.2 Å². The number of rotatable bonds is 46. The molecular weight excluding hydrogens is 1080 g/mol. The normalized spacial score (nSPS) is 18.2. The fraction of sp³-hybridized carbons (Fsp3) is 0.667. The Bertz CT molecular complexity index is 2250. The highest BCUT2D eigenvalue weighted by molar-refractivity contribution is 5.94. The third-order valence-electron chi connectivity index (χ3n) is 15.3. The summed E-state index contributed by atoms with van der Waals surface area (Å²) in [6.45, 7) is 28.6. The number of ketones is 1. The molecule has 0 aromatic heterocycles. The van der Waals surface area contributed by atoms with Gasteiger partial charge in [-0.05, 0) is 131 Å². The van der Waals surface area contributed by atoms with Crippen molar-refractivity contribution >= 4 is 29.4 Å². The summed E-state index contributed by atoms with van der Waals surface area (Å²) in [6, 6.07) is 0. The maximum absolute atomic E-state index is 13.6. The van der Waals surface area contributed by atoms with Gasteiger partial charge in [0.1, 0.15) is 6.61 Å². The molecule has 0 bridgehead atoms. The van der Waals surface area contributed by atoms with Crippen LogP contribution in [0.15, 0.2) is 106 Å². The molecule has 4 N–H and O–H groups in total. The zero-order valence-corrected chi connectivity index (χ0v) is 54.3. The SMILES string of the molecule is CNC(=O)COCCOCCOCCOCCC(=O)NCCCOCCOCCOCCCNC(=O)[C@@H](CCCCNC(=O)/C=C(C)/C=C/C=C(C)/C=C/C1=C(C)CCCC1(C)C)CC(=O)/C=C(C)/C=C/C=C(C)/C=C/C1C(C)CCCC1(C)C. The van der Waals surface area contributed by atoms with Crippen LogP contribution in [0.3, 0.4) is 0 Å². The Kier molecular flexibility index (Phi) is 41.3. The van der Waals surface area contributed by atoms with Crippen molar-refractivity contribution < 1.29 is 57.1 Å². The average Bonchev–Trinajstić information content (AvgIpc) is 3.60. The van der Waals surface area contributed by atoms with Crippen LogP contribution in [-0.4, -0.2) is 149 Å². The number of nitrogens with one attached hydrogen (secondary N) is 4. The summed E-state index contributed by atoms with van der Waals surface area (Å²) in [5, 5.41) is 11.4. The van der Waals surface area contributed by atoms with Crippen LogP contribution in [0, 0.1) is 28.6 Å². The van der Waals surface area contributed by atoms with Crippen molar-refractivity contribution in [1.29, 1.82) is 0 Å². The van der Waals surface area contributed by atoms with Gasteiger partial charge in [-0.3, -0.25) is 24.0 Å². The van der Waals surface area contributed by atoms with Crippen molar-refractivity contribution in [2.75, 3.05) is 119 Å². The summed E-state index contributed by atoms with van der Waals surface area (Å²) >= 11 is 0. The van der Waals surface area contributed by atoms with Crippen LogP contribution in [0.5, 0.6) is 0 Å². The average molecular weight is 1190 g/mol. The molecular formula is C69H112N4O12. The van der Waals surface area contributed by atoms with Gasteiger partial charge in [-0.1, -0.05) is 131 Å². The third-order valence-corrected chi connectivity index (χ3v) is 15.3. The molecule has 4 amide bonds. The molecule has 16 heteroatoms. The van der Waals surface area contributed by atoms with Crippen molar-refractivity contribution in [2.45, 2.75) is 153 Å². The quantitative estimate of drug-likeness (QED) is 0.0256. The number of amides is 4. The van der Waals surface area contributed by atoms with Crippen molar-refractivity contribution in [2.24, 2.45) is 28.6 Å². The lowest BCUT2D eigenvalue weighted by Crippen LogP contribution is -2.33. The molecule has 0 aromatic rings. The largest absolute Gasteiger partial charge is 0.379 e. The Hall–Kier alpha value is -5.07. The van der Waals surface area contributed by atoms with Crippen LogP contribution >= 0.6 is 0 Å². The second-order valence-electron chi connectivity index (χ2n) is 24.0. The van der Waals surface area contributed by atoms with Gasteiger partial charge in [0.15, 0.2) is 5.78 Å². The number of unbranched alkanes of at least 4 members (excludes halogenated alkanes) is 1. The minimum absolute atomic E-state index is 0.0112. The molecule has 1 saturated carbocycles. The standard InChI is InChI=1S/C69H112N4O12/c1-54(27-29-62-58(5)24-16-32-68(62,7)8)20-14-22-56(3)50-61(74)52-60(26-12-13-34-72-65(76)51-57(4)23-15-21-55(2)28-30-63-59(6)25-17-33-69(63,9)10)67(78)73-36-19-38-80-41-44-82-43-40-79-37-18-35-71-64(75)31-39-81-42-45-83-46-47-84-48-49-85-53-66(77)70-11/h14-15,20-23,27-30,50-51,58,60,62H,12-13,16-19,24-26,31-49,52-53H2,1-11H3,(H,70,77)(H,71,75)(H,72,76)(H,73,78)/b22-14+,23-15+,29-27+,30-28+,54-20+,55-21+,56-50+,57-51+/t58?,60-,62?/m0/s1. The van der Waals surface area contributed by atoms with Crippen molar-refractivity contribution in [3.05, 3.63) is 106 Å². The summed E-state index contributed by atoms with van der Waals surface area (Å²) in [5.74, 6) is 0.00381. The number of hydrogen-bond donors (Lipinski definition) is 4. The van der Waals surface area contributed by atoms with Gasteiger partial charge in [0.2, 0.25) is 23.6 Å². The van der Waals surface area contributed by atoms with E-state index in [2.05, 4.69) is 113 Å². The second kappa shape index (κ2) is 46.1. The molecule has 1 fully saturated rings. The van der Waals surface area contributed by atoms with E-state index in [0.717, 1.165) is 28.7 Å². The summed E-state index contributed by atoms with van der Waals surface area (Å²) in [6.07, 6.45) is 35.1. The summed E-state index contributed by atoms with van der Waals surface area (Å²) < 4.78 is 38.4. The maximum atomic E-state index is 13.6. The van der Waals surface area contributed by atoms with Gasteiger partial charge >= 0.3 is 0 Å². The third kappa shape index (κ3) is 38.0. The predicted octanol–water partition coefficient (Wildman–Crippen LogP) is 11.1. The molecule has 0 spiro atoms. The van der Waals surface area contributed by atoms with Crippen molar-refractivity contribution in [3.63, 3.8) is 0 Å². The van der Waals surface area contributed by atoms with Gasteiger partial charge < -0.3 is 54.4 Å². The molecule has 0 aliphatic heterocycles. The molecule has 3 atom stereocenters. The van der Waals surface area contributed by atoms with E-state index in [0.29, 0.717) is 155 Å². The van der Waals surface area contributed by atoms with Crippen LogP contribution < -0.4 is 21.3 Å². The van der Waals surface area contributed by atoms with Gasteiger partial charge in [0.05, 0.1) is 72.7 Å². The Morgan fingerprint density at radius 1 is 0.588 bits per heavy atom. The van der Waals surface area contributed by atoms with E-state index in [1.807, 2.05) is 38.2 Å². The number of carbonyl (C=O) groups is 5. The lowest BCUT2D eigenvalue weighted by molar-refractivity contribution is -0.128. The van der Waals surface area contributed by atoms with Gasteiger partial charge in [-0.25, -0.2) is 0 Å². The summed E-state index contributed by atoms with van der Waals surface area (Å²) in [5.41, 5.74) is 7.36. The van der Waals surface area contributed by atoms with Crippen LogP contribution in [-0.2, 0) is 57.1 Å². The molecule has 16 nitrogen and oxygen atoms in total. The Morgan fingerprint density at radius 2 is 1.13 bits per heavy atom. The van der Waals surface area contributed by atoms with Crippen LogP contribution in [0.1, 0.15) is 153 Å². The molecule has 2 rings (SSSR count). The van der Waals surface area contributed by atoms with Crippen LogP contribution in [0.25, 0.3) is 0 Å². The molecule has 0 radical (unpaired) electrons. The predicted molar refractivity (Wildman–Crippen MR) is 342 cm³/mol. The number of carbonyl (C=O) groups excluding carboxylic acids is 5. The van der Waals surface area contributed by atoms with E-state index in [4.69, 9.17) is 33.2 Å². The van der Waals surface area contributed by atoms with E-state index in [1.165, 1.54) is 43.3 Å². The first-order valence-electron chi connectivity index (χ1n) is 31.5. The molecule has 85 heavy (non-hydrogen) atoms. The smallest absolute Gasteiger partial charge is 0.245 e. The van der Waals surface area contributed by atoms with E-state index in [9.17, 15) is 24.0 Å². The fourth-order valence-corrected chi connectivity index (χ4v) is 10.3. The van der Waals surface area contributed by atoms with Crippen molar-refractivity contribution in [3.8, 4) is 0 Å². The molecule has 480 valence electrons. The first kappa shape index (κ1) is 76.0. The fourth-order valence-electron chi connectivity index (χ4n) is 10.3.